The van der Waals surface area contributed by atoms with E-state index in [0.29, 0.717) is 18.0 Å². The number of carbonyl (C=O) groups excluding carboxylic acids is 1. The number of nitrogens with zero attached hydrogens (tertiary/aromatic N) is 1. The van der Waals surface area contributed by atoms with Gasteiger partial charge in [-0.3, -0.25) is 4.79 Å². The van der Waals surface area contributed by atoms with Crippen molar-refractivity contribution in [1.29, 1.82) is 0 Å². The van der Waals surface area contributed by atoms with Gasteiger partial charge < -0.3 is 14.9 Å². The van der Waals surface area contributed by atoms with Crippen molar-refractivity contribution in [1.82, 2.24) is 15.2 Å². The van der Waals surface area contributed by atoms with Crippen LogP contribution >= 0.6 is 0 Å². The summed E-state index contributed by atoms with van der Waals surface area (Å²) in [4.78, 5) is 17.2. The van der Waals surface area contributed by atoms with Gasteiger partial charge in [-0.1, -0.05) is 30.3 Å². The van der Waals surface area contributed by atoms with E-state index in [1.165, 1.54) is 11.1 Å². The molecule has 5 nitrogen and oxygen atoms in total. The Labute approximate surface area is 156 Å². The van der Waals surface area contributed by atoms with Crippen molar-refractivity contribution in [3.05, 3.63) is 65.5 Å². The highest BCUT2D eigenvalue weighted by molar-refractivity contribution is 6.03. The van der Waals surface area contributed by atoms with E-state index in [9.17, 15) is 4.79 Å². The number of Topliss-reactive ketones (excluding diaryl/α,β-unsaturated/α-hetero) is 1. The Bertz CT molecular complexity index is 1100. The summed E-state index contributed by atoms with van der Waals surface area (Å²) in [5, 5.41) is 8.81. The molecule has 2 aromatic carbocycles. The van der Waals surface area contributed by atoms with Crippen LogP contribution in [-0.2, 0) is 11.2 Å². The van der Waals surface area contributed by atoms with Crippen molar-refractivity contribution >= 4 is 27.6 Å². The summed E-state index contributed by atoms with van der Waals surface area (Å²) in [6, 6.07) is 15.9. The molecule has 1 fully saturated rings. The predicted molar refractivity (Wildman–Crippen MR) is 105 cm³/mol. The maximum absolute atomic E-state index is 12.6. The number of ether oxygens (including phenoxy) is 1. The first-order chi connectivity index (χ1) is 13.3. The summed E-state index contributed by atoms with van der Waals surface area (Å²) in [5.74, 6) is 0.532. The molecule has 2 aromatic heterocycles. The van der Waals surface area contributed by atoms with Gasteiger partial charge in [0.05, 0.1) is 11.0 Å². The molecular weight excluding hydrogens is 338 g/mol. The smallest absolute Gasteiger partial charge is 0.185 e. The molecule has 0 atom stereocenters. The highest BCUT2D eigenvalue weighted by Gasteiger charge is 2.21. The molecular formula is C22H21N3O2. The van der Waals surface area contributed by atoms with Gasteiger partial charge in [0.15, 0.2) is 5.78 Å². The number of benzene rings is 2. The number of hydrogen-bond acceptors (Lipinski definition) is 3. The van der Waals surface area contributed by atoms with Crippen molar-refractivity contribution < 1.29 is 9.53 Å². The van der Waals surface area contributed by atoms with Crippen LogP contribution in [0.5, 0.6) is 0 Å². The number of hydrogen-bond donors (Lipinski definition) is 2. The Balaban J connectivity index is 1.49. The predicted octanol–water partition coefficient (Wildman–Crippen LogP) is 4.36. The highest BCUT2D eigenvalue weighted by Crippen LogP contribution is 2.33. The summed E-state index contributed by atoms with van der Waals surface area (Å²) in [6.07, 6.45) is 2.44. The molecule has 1 aliphatic rings. The summed E-state index contributed by atoms with van der Waals surface area (Å²) in [7, 11) is 0. The van der Waals surface area contributed by atoms with E-state index in [1.54, 1.807) is 0 Å². The van der Waals surface area contributed by atoms with Crippen molar-refractivity contribution in [3.63, 3.8) is 0 Å². The molecule has 136 valence electrons. The van der Waals surface area contributed by atoms with Crippen LogP contribution in [-0.4, -0.2) is 34.2 Å². The van der Waals surface area contributed by atoms with E-state index in [0.717, 1.165) is 48.0 Å². The normalized spacial score (nSPS) is 15.6. The lowest BCUT2D eigenvalue weighted by atomic mass is 9.94. The number of nitrogens with one attached hydrogen (secondary N) is 2. The first-order valence-corrected chi connectivity index (χ1v) is 9.43. The molecule has 1 aliphatic heterocycles. The number of rotatable bonds is 4. The number of aromatic nitrogens is 3. The van der Waals surface area contributed by atoms with Crippen LogP contribution in [0.25, 0.3) is 21.8 Å². The lowest BCUT2D eigenvalue weighted by Gasteiger charge is -2.21. The third kappa shape index (κ3) is 3.04. The summed E-state index contributed by atoms with van der Waals surface area (Å²) in [6.45, 7) is 1.62. The van der Waals surface area contributed by atoms with Crippen molar-refractivity contribution in [3.8, 4) is 0 Å². The summed E-state index contributed by atoms with van der Waals surface area (Å²) < 4.78 is 5.49. The van der Waals surface area contributed by atoms with Gasteiger partial charge in [0.25, 0.3) is 0 Å². The van der Waals surface area contributed by atoms with E-state index >= 15 is 0 Å². The fraction of sp³-hybridized carbons (Fsp3) is 0.273. The minimum Gasteiger partial charge on any atom is -0.381 e. The van der Waals surface area contributed by atoms with Gasteiger partial charge in [-0.15, -0.1) is 0 Å². The molecule has 5 heteroatoms. The second-order valence-electron chi connectivity index (χ2n) is 7.23. The van der Waals surface area contributed by atoms with Crippen LogP contribution in [0.3, 0.4) is 0 Å². The van der Waals surface area contributed by atoms with E-state index in [1.807, 2.05) is 42.5 Å². The number of aromatic amines is 2. The molecule has 0 unspecified atom stereocenters. The Hall–Kier alpha value is -2.92. The molecule has 0 amide bonds. The number of H-pyrrole nitrogens is 2. The van der Waals surface area contributed by atoms with Crippen LogP contribution < -0.4 is 0 Å². The molecule has 0 aliphatic carbocycles. The van der Waals surface area contributed by atoms with Gasteiger partial charge in [0.1, 0.15) is 5.69 Å². The minimum atomic E-state index is 0.0530. The molecule has 3 heterocycles. The largest absolute Gasteiger partial charge is 0.381 e. The molecule has 0 saturated carbocycles. The zero-order valence-electron chi connectivity index (χ0n) is 15.0. The van der Waals surface area contributed by atoms with Gasteiger partial charge >= 0.3 is 0 Å². The van der Waals surface area contributed by atoms with Gasteiger partial charge in [-0.2, -0.15) is 0 Å². The Morgan fingerprint density at radius 3 is 2.70 bits per heavy atom. The molecule has 4 aromatic rings. The number of carbonyl (C=O) groups is 1. The first-order valence-electron chi connectivity index (χ1n) is 9.43. The van der Waals surface area contributed by atoms with Gasteiger partial charge in [-0.05, 0) is 36.6 Å². The van der Waals surface area contributed by atoms with Crippen molar-refractivity contribution in [2.45, 2.75) is 25.2 Å². The summed E-state index contributed by atoms with van der Waals surface area (Å²) >= 11 is 0. The van der Waals surface area contributed by atoms with Crippen molar-refractivity contribution in [2.24, 2.45) is 0 Å². The van der Waals surface area contributed by atoms with Crippen LogP contribution in [0.2, 0.25) is 0 Å². The summed E-state index contributed by atoms with van der Waals surface area (Å²) in [5.41, 5.74) is 4.67. The van der Waals surface area contributed by atoms with Crippen LogP contribution in [0.1, 0.15) is 40.5 Å². The molecule has 5 rings (SSSR count). The Morgan fingerprint density at radius 1 is 1.07 bits per heavy atom. The first kappa shape index (κ1) is 16.3. The zero-order valence-corrected chi connectivity index (χ0v) is 15.0. The van der Waals surface area contributed by atoms with Gasteiger partial charge in [-0.25, -0.2) is 4.98 Å². The zero-order chi connectivity index (χ0) is 18.2. The Kier molecular flexibility index (Phi) is 4.02. The van der Waals surface area contributed by atoms with E-state index in [2.05, 4.69) is 21.2 Å². The second-order valence-corrected chi connectivity index (χ2v) is 7.23. The molecule has 0 bridgehead atoms. The molecule has 1 saturated heterocycles. The number of ketones is 1. The molecule has 27 heavy (non-hydrogen) atoms. The third-order valence-corrected chi connectivity index (χ3v) is 5.44. The van der Waals surface area contributed by atoms with Crippen LogP contribution in [0, 0.1) is 0 Å². The third-order valence-electron chi connectivity index (χ3n) is 5.44. The van der Waals surface area contributed by atoms with E-state index in [-0.39, 0.29) is 5.78 Å². The van der Waals surface area contributed by atoms with Gasteiger partial charge in [0.2, 0.25) is 0 Å². The maximum atomic E-state index is 12.6. The maximum Gasteiger partial charge on any atom is 0.185 e. The van der Waals surface area contributed by atoms with Crippen LogP contribution in [0.15, 0.2) is 48.5 Å². The quantitative estimate of drug-likeness (QED) is 0.532. The lowest BCUT2D eigenvalue weighted by molar-refractivity contribution is 0.0847. The van der Waals surface area contributed by atoms with Crippen molar-refractivity contribution in [2.75, 3.05) is 13.2 Å². The SMILES string of the molecule is O=C(Cc1ccccc1)c1cc2cc3c(C4CCOCC4)[nH][nH]c3cc2n1. The monoisotopic (exact) mass is 359 g/mol. The van der Waals surface area contributed by atoms with E-state index in [4.69, 9.17) is 4.74 Å². The molecule has 0 radical (unpaired) electrons. The Morgan fingerprint density at radius 2 is 1.89 bits per heavy atom. The lowest BCUT2D eigenvalue weighted by Crippen LogP contribution is -2.14. The topological polar surface area (TPSA) is 70.8 Å². The second kappa shape index (κ2) is 6.67. The standard InChI is InChI=1S/C22H21N3O2/c26-21(10-14-4-2-1-3-5-14)20-12-16-11-17-19(13-18(16)23-20)24-25-22(17)15-6-8-27-9-7-15/h1-5,11-13,15,24-25H,6-10H2. The fourth-order valence-electron chi connectivity index (χ4n) is 3.98. The average Bonchev–Trinajstić information content (AvgIpc) is 3.31. The fourth-order valence-corrected chi connectivity index (χ4v) is 3.98. The number of fused-ring (bicyclic) bond motifs is 2. The molecule has 2 N–H and O–H groups in total. The minimum absolute atomic E-state index is 0.0530. The molecule has 0 spiro atoms. The average molecular weight is 359 g/mol. The van der Waals surface area contributed by atoms with Crippen LogP contribution in [0.4, 0.5) is 0 Å². The van der Waals surface area contributed by atoms with E-state index < -0.39 is 0 Å². The van der Waals surface area contributed by atoms with Gasteiger partial charge in [0, 0.05) is 42.0 Å². The highest BCUT2D eigenvalue weighted by atomic mass is 16.5.